The normalized spacial score (nSPS) is 11.6. The predicted octanol–water partition coefficient (Wildman–Crippen LogP) is 3.13. The second kappa shape index (κ2) is 3.38. The highest BCUT2D eigenvalue weighted by Gasteiger charge is 2.11. The van der Waals surface area contributed by atoms with Crippen LogP contribution in [0.1, 0.15) is 0 Å². The molecule has 92 valence electrons. The Hall–Kier alpha value is -2.75. The third-order valence-corrected chi connectivity index (χ3v) is 3.40. The van der Waals surface area contributed by atoms with Crippen LogP contribution in [-0.4, -0.2) is 10.1 Å². The lowest BCUT2D eigenvalue weighted by Gasteiger charge is -2.03. The zero-order chi connectivity index (χ0) is 13.0. The summed E-state index contributed by atoms with van der Waals surface area (Å²) in [6.45, 7) is 0. The first kappa shape index (κ1) is 10.2. The maximum Gasteiger partial charge on any atom is 0.344 e. The molecule has 2 heterocycles. The Morgan fingerprint density at radius 3 is 2.74 bits per heavy atom. The zero-order valence-corrected chi connectivity index (χ0v) is 9.81. The average molecular weight is 251 g/mol. The fourth-order valence-corrected chi connectivity index (χ4v) is 2.55. The minimum absolute atomic E-state index is 0.0812. The quantitative estimate of drug-likeness (QED) is 0.372. The third kappa shape index (κ3) is 1.31. The summed E-state index contributed by atoms with van der Waals surface area (Å²) in [6, 6.07) is 10.5. The van der Waals surface area contributed by atoms with E-state index in [1.165, 1.54) is 6.07 Å². The van der Waals surface area contributed by atoms with E-state index in [4.69, 9.17) is 4.42 Å². The van der Waals surface area contributed by atoms with Gasteiger partial charge in [-0.05, 0) is 24.3 Å². The Morgan fingerprint density at radius 1 is 1.00 bits per heavy atom. The van der Waals surface area contributed by atoms with Gasteiger partial charge in [0.05, 0.1) is 5.39 Å². The number of H-pyrrole nitrogens is 1. The molecule has 0 spiro atoms. The molecule has 2 aromatic heterocycles. The zero-order valence-electron chi connectivity index (χ0n) is 9.81. The molecular weight excluding hydrogens is 242 g/mol. The summed E-state index contributed by atoms with van der Waals surface area (Å²) in [4.78, 5) is 15.2. The average Bonchev–Trinajstić information content (AvgIpc) is 2.86. The lowest BCUT2D eigenvalue weighted by atomic mass is 10.0. The smallest absolute Gasteiger partial charge is 0.344 e. The van der Waals surface area contributed by atoms with Crippen LogP contribution in [0.25, 0.3) is 32.6 Å². The predicted molar refractivity (Wildman–Crippen MR) is 73.5 cm³/mol. The highest BCUT2D eigenvalue weighted by Crippen LogP contribution is 2.29. The van der Waals surface area contributed by atoms with Gasteiger partial charge in [-0.2, -0.15) is 0 Å². The number of benzene rings is 2. The molecule has 0 fully saturated rings. The largest absolute Gasteiger partial charge is 0.508 e. The van der Waals surface area contributed by atoms with E-state index < -0.39 is 5.63 Å². The molecule has 0 aliphatic heterocycles. The van der Waals surface area contributed by atoms with Crippen molar-refractivity contribution in [2.75, 3.05) is 0 Å². The summed E-state index contributed by atoms with van der Waals surface area (Å²) in [5.74, 6) is 0.0812. The monoisotopic (exact) mass is 251 g/mol. The minimum Gasteiger partial charge on any atom is -0.508 e. The molecule has 0 bridgehead atoms. The Balaban J connectivity index is 2.37. The van der Waals surface area contributed by atoms with Crippen molar-refractivity contribution in [3.63, 3.8) is 0 Å². The fourth-order valence-electron chi connectivity index (χ4n) is 2.55. The molecule has 4 nitrogen and oxygen atoms in total. The van der Waals surface area contributed by atoms with Gasteiger partial charge in [0.1, 0.15) is 11.3 Å². The summed E-state index contributed by atoms with van der Waals surface area (Å²) in [5.41, 5.74) is 0.906. The molecule has 0 saturated heterocycles. The molecule has 0 unspecified atom stereocenters. The van der Waals surface area contributed by atoms with Gasteiger partial charge >= 0.3 is 5.63 Å². The number of fused-ring (bicyclic) bond motifs is 5. The van der Waals surface area contributed by atoms with Crippen molar-refractivity contribution in [1.82, 2.24) is 4.98 Å². The van der Waals surface area contributed by atoms with Crippen molar-refractivity contribution in [2.45, 2.75) is 0 Å². The number of aromatic amines is 1. The van der Waals surface area contributed by atoms with Gasteiger partial charge in [-0.25, -0.2) is 4.79 Å². The second-order valence-corrected chi connectivity index (χ2v) is 4.50. The van der Waals surface area contributed by atoms with Gasteiger partial charge in [-0.3, -0.25) is 0 Å². The van der Waals surface area contributed by atoms with Crippen LogP contribution in [0.2, 0.25) is 0 Å². The van der Waals surface area contributed by atoms with Gasteiger partial charge in [0.2, 0.25) is 0 Å². The number of phenolic OH excluding ortho intramolecular Hbond substituents is 1. The van der Waals surface area contributed by atoms with E-state index in [9.17, 15) is 9.90 Å². The molecule has 0 amide bonds. The van der Waals surface area contributed by atoms with Crippen molar-refractivity contribution in [3.8, 4) is 5.75 Å². The van der Waals surface area contributed by atoms with Gasteiger partial charge in [-0.1, -0.05) is 6.07 Å². The molecule has 0 saturated carbocycles. The molecule has 2 aromatic carbocycles. The van der Waals surface area contributed by atoms with Gasteiger partial charge < -0.3 is 14.5 Å². The van der Waals surface area contributed by atoms with Crippen LogP contribution in [0, 0.1) is 0 Å². The summed E-state index contributed by atoms with van der Waals surface area (Å²) in [6.07, 6.45) is 1.80. The molecule has 19 heavy (non-hydrogen) atoms. The van der Waals surface area contributed by atoms with Crippen molar-refractivity contribution in [2.24, 2.45) is 0 Å². The second-order valence-electron chi connectivity index (χ2n) is 4.50. The standard InChI is InChI=1S/C15H9NO3/c17-8-1-2-9-10-3-4-12-11(5-6-16-12)14(10)15(18)19-13(9)7-8/h1-7,16-17H. The molecule has 0 aliphatic rings. The highest BCUT2D eigenvalue weighted by molar-refractivity contribution is 6.14. The Kier molecular flexibility index (Phi) is 1.82. The van der Waals surface area contributed by atoms with E-state index in [1.54, 1.807) is 18.3 Å². The van der Waals surface area contributed by atoms with Crippen LogP contribution in [0.4, 0.5) is 0 Å². The number of aromatic hydroxyl groups is 1. The van der Waals surface area contributed by atoms with Crippen LogP contribution < -0.4 is 5.63 Å². The molecule has 4 rings (SSSR count). The van der Waals surface area contributed by atoms with Crippen LogP contribution in [0.5, 0.6) is 5.75 Å². The number of aromatic nitrogens is 1. The van der Waals surface area contributed by atoms with Gasteiger partial charge in [0.15, 0.2) is 0 Å². The third-order valence-electron chi connectivity index (χ3n) is 3.40. The van der Waals surface area contributed by atoms with E-state index in [0.717, 1.165) is 21.7 Å². The number of nitrogens with one attached hydrogen (secondary N) is 1. The maximum atomic E-state index is 12.2. The van der Waals surface area contributed by atoms with Gasteiger partial charge in [-0.15, -0.1) is 0 Å². The van der Waals surface area contributed by atoms with Crippen LogP contribution in [0.15, 0.2) is 51.8 Å². The van der Waals surface area contributed by atoms with Crippen molar-refractivity contribution >= 4 is 32.6 Å². The fraction of sp³-hybridized carbons (Fsp3) is 0. The molecule has 0 atom stereocenters. The van der Waals surface area contributed by atoms with E-state index in [2.05, 4.69) is 4.98 Å². The SMILES string of the molecule is O=c1oc2cc(O)ccc2c2ccc3[nH]ccc3c12. The van der Waals surface area contributed by atoms with Crippen LogP contribution >= 0.6 is 0 Å². The molecule has 2 N–H and O–H groups in total. The molecule has 0 aliphatic carbocycles. The highest BCUT2D eigenvalue weighted by atomic mass is 16.4. The van der Waals surface area contributed by atoms with E-state index in [0.29, 0.717) is 11.0 Å². The lowest BCUT2D eigenvalue weighted by molar-refractivity contribution is 0.473. The Morgan fingerprint density at radius 2 is 1.84 bits per heavy atom. The van der Waals surface area contributed by atoms with Gasteiger partial charge in [0, 0.05) is 33.9 Å². The summed E-state index contributed by atoms with van der Waals surface area (Å²) < 4.78 is 5.30. The topological polar surface area (TPSA) is 66.2 Å². The Labute approximate surface area is 106 Å². The van der Waals surface area contributed by atoms with Crippen molar-refractivity contribution in [1.29, 1.82) is 0 Å². The molecule has 4 heteroatoms. The van der Waals surface area contributed by atoms with E-state index in [1.807, 2.05) is 18.2 Å². The lowest BCUT2D eigenvalue weighted by Crippen LogP contribution is -2.00. The summed E-state index contributed by atoms with van der Waals surface area (Å²) >= 11 is 0. The van der Waals surface area contributed by atoms with Crippen molar-refractivity contribution in [3.05, 3.63) is 53.0 Å². The maximum absolute atomic E-state index is 12.2. The molecular formula is C15H9NO3. The summed E-state index contributed by atoms with van der Waals surface area (Å²) in [5, 5.41) is 12.5. The summed E-state index contributed by atoms with van der Waals surface area (Å²) in [7, 11) is 0. The molecule has 0 radical (unpaired) electrons. The molecule has 4 aromatic rings. The first-order chi connectivity index (χ1) is 9.24. The van der Waals surface area contributed by atoms with E-state index >= 15 is 0 Å². The van der Waals surface area contributed by atoms with E-state index in [-0.39, 0.29) is 5.75 Å². The number of phenols is 1. The number of rotatable bonds is 0. The minimum atomic E-state index is -0.390. The Bertz CT molecular complexity index is 995. The van der Waals surface area contributed by atoms with Crippen LogP contribution in [-0.2, 0) is 0 Å². The van der Waals surface area contributed by atoms with Crippen molar-refractivity contribution < 1.29 is 9.52 Å². The van der Waals surface area contributed by atoms with Crippen LogP contribution in [0.3, 0.4) is 0 Å². The number of hydrogen-bond acceptors (Lipinski definition) is 3. The first-order valence-electron chi connectivity index (χ1n) is 5.90. The first-order valence-corrected chi connectivity index (χ1v) is 5.90. The number of hydrogen-bond donors (Lipinski definition) is 2. The van der Waals surface area contributed by atoms with Gasteiger partial charge in [0.25, 0.3) is 0 Å².